The molecule has 178 valence electrons. The summed E-state index contributed by atoms with van der Waals surface area (Å²) in [5.41, 5.74) is 1.21. The number of aliphatic hydroxyl groups is 1. The predicted molar refractivity (Wildman–Crippen MR) is 132 cm³/mol. The van der Waals surface area contributed by atoms with Gasteiger partial charge >= 0.3 is 0 Å². The summed E-state index contributed by atoms with van der Waals surface area (Å²) in [4.78, 5) is 34.6. The maximum Gasteiger partial charge on any atom is 0.276 e. The van der Waals surface area contributed by atoms with Gasteiger partial charge in [-0.15, -0.1) is 9.24 Å². The lowest BCUT2D eigenvalue weighted by Gasteiger charge is -2.39. The molecule has 0 radical (unpaired) electrons. The molecule has 0 aromatic carbocycles. The quantitative estimate of drug-likeness (QED) is 0.494. The van der Waals surface area contributed by atoms with Gasteiger partial charge in [0.1, 0.15) is 35.0 Å². The van der Waals surface area contributed by atoms with Gasteiger partial charge in [0, 0.05) is 12.6 Å². The first-order valence-electron chi connectivity index (χ1n) is 11.6. The van der Waals surface area contributed by atoms with Gasteiger partial charge in [-0.3, -0.25) is 14.2 Å². The standard InChI is InChI=1S/C21H26N6O3.C2H7P/c1-13-10-14(25-16-11-15(22-8-9-28)23-12-24-16)19(30)27-17(13)18(29)26-21(27)6-4-20(2-3-20)5-7-21;1-2-3/h10-12,28H,2-9H2,1H3,(H,26,29)(H2,22,23,24,25);2-3H2,1H3. The second-order valence-electron chi connectivity index (χ2n) is 9.19. The number of nitrogens with zero attached hydrogens (tertiary/aromatic N) is 3. The average Bonchev–Trinajstić information content (AvgIpc) is 3.49. The summed E-state index contributed by atoms with van der Waals surface area (Å²) in [6, 6.07) is 3.39. The molecule has 2 spiro atoms. The van der Waals surface area contributed by atoms with E-state index < -0.39 is 5.66 Å². The first-order chi connectivity index (χ1) is 15.9. The summed E-state index contributed by atoms with van der Waals surface area (Å²) in [5.74, 6) is 0.852. The van der Waals surface area contributed by atoms with Gasteiger partial charge in [-0.2, -0.15) is 0 Å². The van der Waals surface area contributed by atoms with Crippen LogP contribution in [0.1, 0.15) is 61.5 Å². The lowest BCUT2D eigenvalue weighted by molar-refractivity contribution is 0.0822. The van der Waals surface area contributed by atoms with Crippen molar-refractivity contribution < 1.29 is 9.90 Å². The molecule has 0 saturated heterocycles. The lowest BCUT2D eigenvalue weighted by Crippen LogP contribution is -2.50. The predicted octanol–water partition coefficient (Wildman–Crippen LogP) is 2.73. The zero-order valence-corrected chi connectivity index (χ0v) is 20.4. The first-order valence-corrected chi connectivity index (χ1v) is 12.4. The Labute approximate surface area is 196 Å². The molecule has 1 aliphatic heterocycles. The fraction of sp³-hybridized carbons (Fsp3) is 0.565. The van der Waals surface area contributed by atoms with E-state index in [1.54, 1.807) is 16.7 Å². The van der Waals surface area contributed by atoms with Gasteiger partial charge in [-0.25, -0.2) is 9.97 Å². The molecule has 10 heteroatoms. The molecule has 2 aromatic heterocycles. The van der Waals surface area contributed by atoms with E-state index in [0.717, 1.165) is 31.2 Å². The molecular formula is C23H33N6O3P. The van der Waals surface area contributed by atoms with Crippen LogP contribution in [0.15, 0.2) is 23.3 Å². The van der Waals surface area contributed by atoms with Crippen LogP contribution in [0.3, 0.4) is 0 Å². The molecule has 3 heterocycles. The van der Waals surface area contributed by atoms with Gasteiger partial charge < -0.3 is 21.1 Å². The van der Waals surface area contributed by atoms with Crippen LogP contribution in [0, 0.1) is 12.3 Å². The van der Waals surface area contributed by atoms with Crippen LogP contribution in [-0.2, 0) is 5.66 Å². The van der Waals surface area contributed by atoms with Crippen LogP contribution in [0.5, 0.6) is 0 Å². The fourth-order valence-electron chi connectivity index (χ4n) is 4.91. The Kier molecular flexibility index (Phi) is 6.73. The molecule has 1 amide bonds. The van der Waals surface area contributed by atoms with Gasteiger partial charge in [0.25, 0.3) is 11.5 Å². The van der Waals surface area contributed by atoms with Crippen LogP contribution in [0.25, 0.3) is 0 Å². The molecule has 5 rings (SSSR count). The third-order valence-corrected chi connectivity index (χ3v) is 6.82. The number of fused-ring (bicyclic) bond motifs is 2. The Bertz CT molecular complexity index is 1090. The van der Waals surface area contributed by atoms with Crippen molar-refractivity contribution in [2.24, 2.45) is 5.41 Å². The smallest absolute Gasteiger partial charge is 0.276 e. The Morgan fingerprint density at radius 1 is 1.12 bits per heavy atom. The number of aromatic nitrogens is 3. The Hall–Kier alpha value is -2.51. The van der Waals surface area contributed by atoms with Crippen LogP contribution in [0.2, 0.25) is 0 Å². The number of hydrogen-bond acceptors (Lipinski definition) is 7. The molecule has 2 saturated carbocycles. The van der Waals surface area contributed by atoms with Gasteiger partial charge in [0.05, 0.1) is 6.61 Å². The molecule has 9 nitrogen and oxygen atoms in total. The van der Waals surface area contributed by atoms with Crippen LogP contribution >= 0.6 is 9.24 Å². The molecule has 1 unspecified atom stereocenters. The summed E-state index contributed by atoms with van der Waals surface area (Å²) in [6.07, 6.45) is 8.75. The number of carbonyl (C=O) groups excluding carboxylic acids is 1. The van der Waals surface area contributed by atoms with Crippen molar-refractivity contribution in [2.75, 3.05) is 29.9 Å². The number of carbonyl (C=O) groups is 1. The van der Waals surface area contributed by atoms with Gasteiger partial charge in [-0.1, -0.05) is 6.92 Å². The van der Waals surface area contributed by atoms with Crippen LogP contribution < -0.4 is 21.5 Å². The van der Waals surface area contributed by atoms with E-state index in [1.165, 1.54) is 25.3 Å². The van der Waals surface area contributed by atoms with E-state index in [2.05, 4.69) is 42.1 Å². The Morgan fingerprint density at radius 2 is 1.76 bits per heavy atom. The SMILES string of the molecule is CCP.Cc1cc(Nc2cc(NCCO)ncn2)c(=O)n2c1C(=O)NC21CCC2(CC2)CC1. The molecule has 2 fully saturated rings. The molecule has 0 bridgehead atoms. The maximum absolute atomic E-state index is 13.5. The Morgan fingerprint density at radius 3 is 2.39 bits per heavy atom. The molecule has 3 aliphatic rings. The van der Waals surface area contributed by atoms with Crippen molar-refractivity contribution in [1.82, 2.24) is 19.9 Å². The summed E-state index contributed by atoms with van der Waals surface area (Å²) in [5, 5.41) is 18.2. The second kappa shape index (κ2) is 9.39. The summed E-state index contributed by atoms with van der Waals surface area (Å²) in [7, 11) is 2.58. The number of nitrogens with one attached hydrogen (secondary N) is 3. The minimum absolute atomic E-state index is 0.0114. The molecule has 4 N–H and O–H groups in total. The van der Waals surface area contributed by atoms with Crippen molar-refractivity contribution >= 4 is 32.5 Å². The average molecular weight is 473 g/mol. The van der Waals surface area contributed by atoms with Crippen molar-refractivity contribution in [2.45, 2.75) is 58.0 Å². The van der Waals surface area contributed by atoms with E-state index in [4.69, 9.17) is 5.11 Å². The second-order valence-corrected chi connectivity index (χ2v) is 10.0. The van der Waals surface area contributed by atoms with Crippen LogP contribution in [0.4, 0.5) is 17.3 Å². The van der Waals surface area contributed by atoms with Crippen molar-refractivity contribution in [3.05, 3.63) is 40.1 Å². The minimum Gasteiger partial charge on any atom is -0.395 e. The summed E-state index contributed by atoms with van der Waals surface area (Å²) < 4.78 is 1.69. The van der Waals surface area contributed by atoms with Crippen LogP contribution in [-0.4, -0.2) is 44.9 Å². The number of pyridine rings is 1. The van der Waals surface area contributed by atoms with E-state index in [0.29, 0.717) is 35.0 Å². The summed E-state index contributed by atoms with van der Waals surface area (Å²) in [6.45, 7) is 4.30. The highest BCUT2D eigenvalue weighted by Gasteiger charge is 2.53. The van der Waals surface area contributed by atoms with E-state index >= 15 is 0 Å². The Balaban J connectivity index is 0.000000821. The fourth-order valence-corrected chi connectivity index (χ4v) is 4.91. The highest BCUT2D eigenvalue weighted by atomic mass is 31.0. The van der Waals surface area contributed by atoms with E-state index in [9.17, 15) is 9.59 Å². The third-order valence-electron chi connectivity index (χ3n) is 6.82. The van der Waals surface area contributed by atoms with Crippen molar-refractivity contribution in [3.63, 3.8) is 0 Å². The molecule has 2 aliphatic carbocycles. The topological polar surface area (TPSA) is 121 Å². The lowest BCUT2D eigenvalue weighted by atomic mass is 9.79. The number of hydrogen-bond donors (Lipinski definition) is 4. The monoisotopic (exact) mass is 472 g/mol. The summed E-state index contributed by atoms with van der Waals surface area (Å²) >= 11 is 0. The van der Waals surface area contributed by atoms with Gasteiger partial charge in [0.15, 0.2) is 0 Å². The zero-order chi connectivity index (χ0) is 23.6. The number of rotatable bonds is 5. The maximum atomic E-state index is 13.5. The number of aliphatic hydroxyl groups excluding tert-OH is 1. The largest absolute Gasteiger partial charge is 0.395 e. The minimum atomic E-state index is -0.626. The number of aryl methyl sites for hydroxylation is 1. The van der Waals surface area contributed by atoms with Crippen molar-refractivity contribution in [1.29, 1.82) is 0 Å². The van der Waals surface area contributed by atoms with E-state index in [1.807, 2.05) is 6.92 Å². The third kappa shape index (κ3) is 4.62. The molecule has 1 atom stereocenters. The van der Waals surface area contributed by atoms with E-state index in [-0.39, 0.29) is 18.1 Å². The zero-order valence-electron chi connectivity index (χ0n) is 19.3. The highest BCUT2D eigenvalue weighted by Crippen LogP contribution is 2.59. The van der Waals surface area contributed by atoms with Gasteiger partial charge in [-0.05, 0) is 68.7 Å². The normalized spacial score (nSPS) is 18.8. The molecular weight excluding hydrogens is 439 g/mol. The molecule has 2 aromatic rings. The number of anilines is 3. The highest BCUT2D eigenvalue weighted by molar-refractivity contribution is 7.16. The van der Waals surface area contributed by atoms with Crippen molar-refractivity contribution in [3.8, 4) is 0 Å². The first kappa shape index (κ1) is 23.6. The number of amides is 1. The van der Waals surface area contributed by atoms with Gasteiger partial charge in [0.2, 0.25) is 0 Å². The molecule has 33 heavy (non-hydrogen) atoms.